The molecule has 2 heterocycles. The maximum Gasteiger partial charge on any atom is 0.277 e. The summed E-state index contributed by atoms with van der Waals surface area (Å²) >= 11 is 0. The minimum absolute atomic E-state index is 0.231. The average molecular weight is 350 g/mol. The number of H-pyrrole nitrogens is 1. The Kier molecular flexibility index (Phi) is 3.76. The van der Waals surface area contributed by atoms with Crippen LogP contribution in [0.4, 0.5) is 4.39 Å². The number of nitrogens with one attached hydrogen (secondary N) is 1. The molecule has 0 fully saturated rings. The summed E-state index contributed by atoms with van der Waals surface area (Å²) in [6.45, 7) is 1.78. The minimum Gasteiger partial charge on any atom is -0.496 e. The van der Waals surface area contributed by atoms with Crippen LogP contribution < -0.4 is 10.3 Å². The zero-order valence-electron chi connectivity index (χ0n) is 14.2. The molecule has 0 amide bonds. The molecule has 0 atom stereocenters. The number of halogens is 1. The van der Waals surface area contributed by atoms with Crippen molar-refractivity contribution in [3.05, 3.63) is 70.4 Å². The average Bonchev–Trinajstić information content (AvgIpc) is 3.00. The summed E-state index contributed by atoms with van der Waals surface area (Å²) in [5.41, 5.74) is 2.17. The number of benzene rings is 2. The Morgan fingerprint density at radius 1 is 1.15 bits per heavy atom. The Hall–Kier alpha value is -3.48. The summed E-state index contributed by atoms with van der Waals surface area (Å²) in [6, 6.07) is 13.4. The molecule has 0 aliphatic rings. The number of nitrogens with zero attached hydrogens (tertiary/aromatic N) is 3. The van der Waals surface area contributed by atoms with Crippen molar-refractivity contribution in [3.63, 3.8) is 0 Å². The number of aryl methyl sites for hydroxylation is 1. The van der Waals surface area contributed by atoms with Crippen LogP contribution in [-0.4, -0.2) is 26.9 Å². The fraction of sp³-hybridized carbons (Fsp3) is 0.105. The van der Waals surface area contributed by atoms with Crippen LogP contribution in [0.3, 0.4) is 0 Å². The van der Waals surface area contributed by atoms with Crippen molar-refractivity contribution in [2.45, 2.75) is 6.92 Å². The second-order valence-electron chi connectivity index (χ2n) is 5.79. The van der Waals surface area contributed by atoms with Crippen LogP contribution in [-0.2, 0) is 0 Å². The predicted octanol–water partition coefficient (Wildman–Crippen LogP) is 3.23. The van der Waals surface area contributed by atoms with E-state index in [4.69, 9.17) is 4.74 Å². The third kappa shape index (κ3) is 2.54. The largest absolute Gasteiger partial charge is 0.496 e. The third-order valence-electron chi connectivity index (χ3n) is 4.12. The first-order chi connectivity index (χ1) is 12.6. The van der Waals surface area contributed by atoms with Gasteiger partial charge in [0.1, 0.15) is 22.9 Å². The highest BCUT2D eigenvalue weighted by molar-refractivity contribution is 5.81. The highest BCUT2D eigenvalue weighted by Crippen LogP contribution is 2.29. The molecular formula is C19H15FN4O2. The van der Waals surface area contributed by atoms with Crippen molar-refractivity contribution in [3.8, 4) is 22.8 Å². The smallest absolute Gasteiger partial charge is 0.277 e. The van der Waals surface area contributed by atoms with Crippen molar-refractivity contribution < 1.29 is 9.13 Å². The van der Waals surface area contributed by atoms with Gasteiger partial charge in [-0.25, -0.2) is 14.1 Å². The highest BCUT2D eigenvalue weighted by atomic mass is 19.1. The van der Waals surface area contributed by atoms with Crippen LogP contribution in [0, 0.1) is 12.7 Å². The topological polar surface area (TPSA) is 72.8 Å². The lowest BCUT2D eigenvalue weighted by molar-refractivity contribution is 0.415. The third-order valence-corrected chi connectivity index (χ3v) is 4.12. The van der Waals surface area contributed by atoms with Gasteiger partial charge in [0.15, 0.2) is 5.52 Å². The first-order valence-electron chi connectivity index (χ1n) is 7.97. The molecule has 1 N–H and O–H groups in total. The van der Waals surface area contributed by atoms with Gasteiger partial charge in [0, 0.05) is 0 Å². The summed E-state index contributed by atoms with van der Waals surface area (Å²) in [4.78, 5) is 20.0. The summed E-state index contributed by atoms with van der Waals surface area (Å²) in [5, 5.41) is 4.44. The van der Waals surface area contributed by atoms with Gasteiger partial charge in [-0.15, -0.1) is 0 Å². The lowest BCUT2D eigenvalue weighted by Crippen LogP contribution is -2.13. The second kappa shape index (κ2) is 6.11. The van der Waals surface area contributed by atoms with Crippen LogP contribution in [0.5, 0.6) is 5.75 Å². The molecule has 130 valence electrons. The van der Waals surface area contributed by atoms with Crippen LogP contribution >= 0.6 is 0 Å². The monoisotopic (exact) mass is 350 g/mol. The molecule has 0 saturated heterocycles. The van der Waals surface area contributed by atoms with Gasteiger partial charge < -0.3 is 9.72 Å². The van der Waals surface area contributed by atoms with E-state index in [0.717, 1.165) is 5.69 Å². The Balaban J connectivity index is 1.99. The molecule has 0 bridgehead atoms. The van der Waals surface area contributed by atoms with E-state index in [2.05, 4.69) is 15.1 Å². The van der Waals surface area contributed by atoms with E-state index in [-0.39, 0.29) is 11.4 Å². The van der Waals surface area contributed by atoms with E-state index < -0.39 is 5.82 Å². The maximum atomic E-state index is 13.7. The standard InChI is InChI=1S/C19H15FN4O2/c1-11-16-17(24(23-11)13-6-4-3-5-7-13)19(25)22-18(21-16)14-10-12(20)8-9-15(14)26-2/h3-10H,1-2H3,(H,21,22,25). The number of methoxy groups -OCH3 is 1. The van der Waals surface area contributed by atoms with Gasteiger partial charge in [-0.2, -0.15) is 5.10 Å². The molecule has 2 aromatic carbocycles. The Morgan fingerprint density at radius 2 is 1.92 bits per heavy atom. The summed E-state index contributed by atoms with van der Waals surface area (Å²) in [7, 11) is 1.48. The summed E-state index contributed by atoms with van der Waals surface area (Å²) < 4.78 is 20.5. The van der Waals surface area contributed by atoms with Crippen molar-refractivity contribution >= 4 is 11.0 Å². The summed E-state index contributed by atoms with van der Waals surface area (Å²) in [6.07, 6.45) is 0. The Labute approximate surface area is 147 Å². The van der Waals surface area contributed by atoms with Gasteiger partial charge >= 0.3 is 0 Å². The molecule has 0 unspecified atom stereocenters. The fourth-order valence-corrected chi connectivity index (χ4v) is 2.91. The first kappa shape index (κ1) is 16.0. The number of para-hydroxylation sites is 1. The second-order valence-corrected chi connectivity index (χ2v) is 5.79. The molecular weight excluding hydrogens is 335 g/mol. The van der Waals surface area contributed by atoms with E-state index in [1.165, 1.54) is 25.3 Å². The number of ether oxygens (including phenoxy) is 1. The Morgan fingerprint density at radius 3 is 2.65 bits per heavy atom. The SMILES string of the molecule is COc1ccc(F)cc1-c1nc2c(C)nn(-c3ccccc3)c2c(=O)[nH]1. The van der Waals surface area contributed by atoms with Crippen LogP contribution in [0.15, 0.2) is 53.3 Å². The highest BCUT2D eigenvalue weighted by Gasteiger charge is 2.18. The molecule has 6 nitrogen and oxygen atoms in total. The summed E-state index contributed by atoms with van der Waals surface area (Å²) in [5.74, 6) is 0.205. The van der Waals surface area contributed by atoms with Gasteiger partial charge in [0.25, 0.3) is 5.56 Å². The van der Waals surface area contributed by atoms with Gasteiger partial charge in [0.05, 0.1) is 24.1 Å². The number of aromatic nitrogens is 4. The normalized spacial score (nSPS) is 11.0. The molecule has 0 saturated carbocycles. The number of hydrogen-bond acceptors (Lipinski definition) is 4. The predicted molar refractivity (Wildman–Crippen MR) is 96.2 cm³/mol. The van der Waals surface area contributed by atoms with Crippen molar-refractivity contribution in [1.29, 1.82) is 0 Å². The quantitative estimate of drug-likeness (QED) is 0.616. The van der Waals surface area contributed by atoms with Gasteiger partial charge in [0.2, 0.25) is 0 Å². The Bertz CT molecular complexity index is 1170. The number of hydrogen-bond donors (Lipinski definition) is 1. The van der Waals surface area contributed by atoms with Crippen LogP contribution in [0.25, 0.3) is 28.1 Å². The zero-order valence-corrected chi connectivity index (χ0v) is 14.2. The molecule has 0 aliphatic heterocycles. The van der Waals surface area contributed by atoms with Crippen LogP contribution in [0.1, 0.15) is 5.69 Å². The van der Waals surface area contributed by atoms with E-state index in [9.17, 15) is 9.18 Å². The molecule has 4 aromatic rings. The molecule has 0 aliphatic carbocycles. The van der Waals surface area contributed by atoms with Gasteiger partial charge in [-0.1, -0.05) is 18.2 Å². The van der Waals surface area contributed by atoms with Gasteiger partial charge in [-0.3, -0.25) is 4.79 Å². The minimum atomic E-state index is -0.444. The molecule has 0 spiro atoms. The first-order valence-corrected chi connectivity index (χ1v) is 7.97. The number of fused-ring (bicyclic) bond motifs is 1. The lowest BCUT2D eigenvalue weighted by atomic mass is 10.1. The van der Waals surface area contributed by atoms with Crippen molar-refractivity contribution in [2.75, 3.05) is 7.11 Å². The molecule has 7 heteroatoms. The molecule has 4 rings (SSSR count). The number of rotatable bonds is 3. The van der Waals surface area contributed by atoms with E-state index in [0.29, 0.717) is 28.0 Å². The molecule has 26 heavy (non-hydrogen) atoms. The van der Waals surface area contributed by atoms with E-state index in [1.54, 1.807) is 11.6 Å². The number of aromatic amines is 1. The molecule has 0 radical (unpaired) electrons. The van der Waals surface area contributed by atoms with Crippen LogP contribution in [0.2, 0.25) is 0 Å². The fourth-order valence-electron chi connectivity index (χ4n) is 2.91. The lowest BCUT2D eigenvalue weighted by Gasteiger charge is -2.08. The molecule has 2 aromatic heterocycles. The zero-order chi connectivity index (χ0) is 18.3. The van der Waals surface area contributed by atoms with E-state index >= 15 is 0 Å². The van der Waals surface area contributed by atoms with Crippen molar-refractivity contribution in [1.82, 2.24) is 19.7 Å². The van der Waals surface area contributed by atoms with E-state index in [1.807, 2.05) is 30.3 Å². The van der Waals surface area contributed by atoms with Gasteiger partial charge in [-0.05, 0) is 37.3 Å². The van der Waals surface area contributed by atoms with Crippen molar-refractivity contribution in [2.24, 2.45) is 0 Å². The maximum absolute atomic E-state index is 13.7.